The van der Waals surface area contributed by atoms with Crippen LogP contribution >= 0.6 is 0 Å². The molecule has 0 aromatic heterocycles. The molecule has 0 spiro atoms. The Bertz CT molecular complexity index is 1190. The lowest BCUT2D eigenvalue weighted by molar-refractivity contribution is 0.229. The molecule has 0 radical (unpaired) electrons. The van der Waals surface area contributed by atoms with Gasteiger partial charge in [0.2, 0.25) is 0 Å². The number of rotatable bonds is 9. The van der Waals surface area contributed by atoms with Crippen LogP contribution in [0.25, 0.3) is 0 Å². The summed E-state index contributed by atoms with van der Waals surface area (Å²) in [5.74, 6) is 0. The summed E-state index contributed by atoms with van der Waals surface area (Å²) in [5, 5.41) is 2.92. The zero-order valence-corrected chi connectivity index (χ0v) is 19.3. The molecule has 0 saturated carbocycles. The van der Waals surface area contributed by atoms with E-state index in [2.05, 4.69) is 32.7 Å². The lowest BCUT2D eigenvalue weighted by Crippen LogP contribution is -2.62. The van der Waals surface area contributed by atoms with E-state index >= 15 is 0 Å². The average Bonchev–Trinajstić information content (AvgIpc) is 2.95. The van der Waals surface area contributed by atoms with Crippen LogP contribution in [0.15, 0.2) is 121 Å². The number of amides is 4. The van der Waals surface area contributed by atoms with Gasteiger partial charge in [0.15, 0.2) is 0 Å². The van der Waals surface area contributed by atoms with Crippen molar-refractivity contribution in [1.29, 1.82) is 0 Å². The highest BCUT2D eigenvalue weighted by molar-refractivity contribution is 5.80. The Balaban J connectivity index is 1.40. The number of benzene rings is 4. The zero-order chi connectivity index (χ0) is 25.0. The molecule has 4 amide bonds. The molecule has 4 aromatic rings. The van der Waals surface area contributed by atoms with E-state index < -0.39 is 12.1 Å². The van der Waals surface area contributed by atoms with Gasteiger partial charge in [0.25, 0.3) is 0 Å². The summed E-state index contributed by atoms with van der Waals surface area (Å²) in [5.41, 5.74) is 18.9. The fraction of sp³-hybridized carbons (Fsp3) is 0. The second kappa shape index (κ2) is 12.3. The first-order valence-electron chi connectivity index (χ1n) is 11.1. The van der Waals surface area contributed by atoms with Crippen LogP contribution in [-0.2, 0) is 0 Å². The number of hydrogen-bond acceptors (Lipinski definition) is 6. The number of carbonyl (C=O) groups excluding carboxylic acids is 2. The van der Waals surface area contributed by atoms with Crippen LogP contribution in [0.5, 0.6) is 0 Å². The molecule has 0 atom stereocenters. The van der Waals surface area contributed by atoms with Crippen LogP contribution in [0.4, 0.5) is 32.3 Å². The number of carbonyl (C=O) groups is 2. The molecule has 4 rings (SSSR count). The molecule has 10 nitrogen and oxygen atoms in total. The fourth-order valence-electron chi connectivity index (χ4n) is 3.18. The molecule has 0 aliphatic rings. The van der Waals surface area contributed by atoms with Gasteiger partial charge >= 0.3 is 12.1 Å². The van der Waals surface area contributed by atoms with Gasteiger partial charge in [-0.2, -0.15) is 5.12 Å². The van der Waals surface area contributed by atoms with Gasteiger partial charge in [0.1, 0.15) is 0 Å². The summed E-state index contributed by atoms with van der Waals surface area (Å²) in [6.07, 6.45) is 0. The third-order valence-corrected chi connectivity index (χ3v) is 4.85. The smallest absolute Gasteiger partial charge is 0.297 e. The molecule has 182 valence electrons. The number of nitrogens with one attached hydrogen (secondary N) is 6. The standard InChI is InChI=1S/C26H26N8O2/c35-25(28-27-21-13-5-1-6-14-21)31-34(24-19-11-4-12-20-24)32-29-26(36)30-33(22-15-7-2-8-16-22)23-17-9-3-10-18-23/h1-20,27,32H,(H2,28,31,35)(H2,29,30,36). The summed E-state index contributed by atoms with van der Waals surface area (Å²) in [6.45, 7) is 0. The van der Waals surface area contributed by atoms with Crippen molar-refractivity contribution in [3.63, 3.8) is 0 Å². The van der Waals surface area contributed by atoms with Crippen molar-refractivity contribution in [3.8, 4) is 0 Å². The van der Waals surface area contributed by atoms with Crippen molar-refractivity contribution in [2.75, 3.05) is 15.6 Å². The lowest BCUT2D eigenvalue weighted by atomic mass is 10.2. The Morgan fingerprint density at radius 2 is 0.944 bits per heavy atom. The Labute approximate surface area is 208 Å². The predicted octanol–water partition coefficient (Wildman–Crippen LogP) is 4.21. The maximum absolute atomic E-state index is 12.8. The van der Waals surface area contributed by atoms with E-state index in [1.54, 1.807) is 29.3 Å². The van der Waals surface area contributed by atoms with Crippen molar-refractivity contribution in [2.45, 2.75) is 0 Å². The van der Waals surface area contributed by atoms with E-state index in [9.17, 15) is 9.59 Å². The van der Waals surface area contributed by atoms with Gasteiger partial charge in [-0.25, -0.2) is 20.4 Å². The third kappa shape index (κ3) is 6.89. The highest BCUT2D eigenvalue weighted by Crippen LogP contribution is 2.22. The molecule has 10 heteroatoms. The van der Waals surface area contributed by atoms with Gasteiger partial charge in [0.05, 0.1) is 22.7 Å². The van der Waals surface area contributed by atoms with Gasteiger partial charge in [0, 0.05) is 0 Å². The Morgan fingerprint density at radius 1 is 0.500 bits per heavy atom. The van der Waals surface area contributed by atoms with Crippen molar-refractivity contribution in [2.24, 2.45) is 0 Å². The summed E-state index contributed by atoms with van der Waals surface area (Å²) < 4.78 is 0. The molecule has 0 saturated heterocycles. The summed E-state index contributed by atoms with van der Waals surface area (Å²) in [4.78, 5) is 25.3. The molecule has 0 aliphatic heterocycles. The molecule has 0 aliphatic carbocycles. The summed E-state index contributed by atoms with van der Waals surface area (Å²) in [6, 6.07) is 35.9. The lowest BCUT2D eigenvalue weighted by Gasteiger charge is -2.28. The van der Waals surface area contributed by atoms with Crippen molar-refractivity contribution in [3.05, 3.63) is 121 Å². The normalized spacial score (nSPS) is 10.0. The van der Waals surface area contributed by atoms with Crippen LogP contribution in [0, 0.1) is 0 Å². The first-order chi connectivity index (χ1) is 17.7. The van der Waals surface area contributed by atoms with E-state index in [1.807, 2.05) is 97.1 Å². The van der Waals surface area contributed by atoms with Crippen LogP contribution in [0.1, 0.15) is 0 Å². The minimum Gasteiger partial charge on any atom is -0.297 e. The molecule has 6 N–H and O–H groups in total. The number of urea groups is 2. The highest BCUT2D eigenvalue weighted by atomic mass is 16.2. The highest BCUT2D eigenvalue weighted by Gasteiger charge is 2.15. The van der Waals surface area contributed by atoms with E-state index in [-0.39, 0.29) is 0 Å². The summed E-state index contributed by atoms with van der Waals surface area (Å²) in [7, 11) is 0. The first kappa shape index (κ1) is 23.9. The van der Waals surface area contributed by atoms with Gasteiger partial charge < -0.3 is 0 Å². The largest absolute Gasteiger partial charge is 0.353 e. The second-order valence-electron chi connectivity index (χ2n) is 7.41. The van der Waals surface area contributed by atoms with Crippen LogP contribution in [-0.4, -0.2) is 12.1 Å². The van der Waals surface area contributed by atoms with Gasteiger partial charge in [-0.15, -0.1) is 5.53 Å². The van der Waals surface area contributed by atoms with E-state index in [4.69, 9.17) is 0 Å². The number of hydrazine groups is 5. The monoisotopic (exact) mass is 482 g/mol. The quantitative estimate of drug-likeness (QED) is 0.199. The molecular weight excluding hydrogens is 456 g/mol. The predicted molar refractivity (Wildman–Crippen MR) is 140 cm³/mol. The van der Waals surface area contributed by atoms with E-state index in [1.165, 1.54) is 5.12 Å². The van der Waals surface area contributed by atoms with Crippen LogP contribution in [0.3, 0.4) is 0 Å². The molecule has 4 aromatic carbocycles. The minimum absolute atomic E-state index is 0.562. The Morgan fingerprint density at radius 3 is 1.47 bits per heavy atom. The SMILES string of the molecule is O=C(NNc1ccccc1)NN(NNC(=O)NN(c1ccccc1)c1ccccc1)c1ccccc1. The second-order valence-corrected chi connectivity index (χ2v) is 7.41. The topological polar surface area (TPSA) is 113 Å². The van der Waals surface area contributed by atoms with Crippen molar-refractivity contribution < 1.29 is 9.59 Å². The molecule has 36 heavy (non-hydrogen) atoms. The van der Waals surface area contributed by atoms with E-state index in [0.717, 1.165) is 11.4 Å². The minimum atomic E-state index is -0.562. The van der Waals surface area contributed by atoms with Crippen molar-refractivity contribution >= 4 is 34.8 Å². The fourth-order valence-corrected chi connectivity index (χ4v) is 3.18. The average molecular weight is 483 g/mol. The third-order valence-electron chi connectivity index (χ3n) is 4.85. The molecule has 0 bridgehead atoms. The molecule has 0 fully saturated rings. The number of para-hydroxylation sites is 4. The number of anilines is 4. The van der Waals surface area contributed by atoms with Crippen LogP contribution < -0.4 is 42.8 Å². The molecule has 0 unspecified atom stereocenters. The maximum Gasteiger partial charge on any atom is 0.353 e. The zero-order valence-electron chi connectivity index (χ0n) is 19.3. The molecular formula is C26H26N8O2. The van der Waals surface area contributed by atoms with E-state index in [0.29, 0.717) is 11.4 Å². The van der Waals surface area contributed by atoms with Crippen molar-refractivity contribution in [1.82, 2.24) is 27.2 Å². The van der Waals surface area contributed by atoms with Gasteiger partial charge in [-0.3, -0.25) is 21.3 Å². The van der Waals surface area contributed by atoms with Crippen LogP contribution in [0.2, 0.25) is 0 Å². The molecule has 0 heterocycles. The number of hydrogen-bond donors (Lipinski definition) is 6. The first-order valence-corrected chi connectivity index (χ1v) is 11.1. The van der Waals surface area contributed by atoms with Gasteiger partial charge in [-0.05, 0) is 48.5 Å². The Kier molecular flexibility index (Phi) is 8.17. The Hall–Kier alpha value is -5.22. The summed E-state index contributed by atoms with van der Waals surface area (Å²) >= 11 is 0. The number of nitrogens with zero attached hydrogens (tertiary/aromatic N) is 2. The maximum atomic E-state index is 12.8. The van der Waals surface area contributed by atoms with Gasteiger partial charge in [-0.1, -0.05) is 72.8 Å².